The van der Waals surface area contributed by atoms with E-state index in [1.807, 2.05) is 0 Å². The number of hydrogen-bond acceptors (Lipinski definition) is 2. The number of halogens is 3. The Bertz CT molecular complexity index is 710. The summed E-state index contributed by atoms with van der Waals surface area (Å²) in [6, 6.07) is 10.9. The van der Waals surface area contributed by atoms with E-state index in [0.29, 0.717) is 4.90 Å². The Hall–Kier alpha value is -2.15. The molecule has 0 aromatic heterocycles. The van der Waals surface area contributed by atoms with Crippen LogP contribution in [0.4, 0.5) is 13.2 Å². The predicted molar refractivity (Wildman–Crippen MR) is 81.4 cm³/mol. The van der Waals surface area contributed by atoms with Crippen LogP contribution in [-0.2, 0) is 23.5 Å². The summed E-state index contributed by atoms with van der Waals surface area (Å²) >= 11 is 0. The van der Waals surface area contributed by atoms with Crippen LogP contribution in [0.15, 0.2) is 53.4 Å². The lowest BCUT2D eigenvalue weighted by Crippen LogP contribution is -2.22. The molecule has 0 aliphatic rings. The highest BCUT2D eigenvalue weighted by Gasteiger charge is 2.30. The summed E-state index contributed by atoms with van der Waals surface area (Å²) in [5.41, 5.74) is 0.168. The Morgan fingerprint density at radius 1 is 1.04 bits per heavy atom. The number of hydrogen-bond donors (Lipinski definition) is 1. The first-order valence-electron chi connectivity index (χ1n) is 6.65. The van der Waals surface area contributed by atoms with E-state index >= 15 is 0 Å². The summed E-state index contributed by atoms with van der Waals surface area (Å²) in [4.78, 5) is 12.6. The monoisotopic (exact) mass is 341 g/mol. The smallest absolute Gasteiger partial charge is 0.348 e. The van der Waals surface area contributed by atoms with Crippen molar-refractivity contribution < 1.29 is 22.2 Å². The van der Waals surface area contributed by atoms with E-state index in [4.69, 9.17) is 0 Å². The molecule has 0 fully saturated rings. The van der Waals surface area contributed by atoms with Gasteiger partial charge in [0, 0.05) is 34.1 Å². The Labute approximate surface area is 134 Å². The molecule has 0 radical (unpaired) electrons. The average molecular weight is 341 g/mol. The van der Waals surface area contributed by atoms with Gasteiger partial charge >= 0.3 is 6.18 Å². The molecule has 7 heteroatoms. The number of rotatable bonds is 4. The number of carbonyl (C=O) groups excluding carboxylic acids is 1. The van der Waals surface area contributed by atoms with Gasteiger partial charge in [-0.2, -0.15) is 13.2 Å². The molecular weight excluding hydrogens is 327 g/mol. The standard InChI is InChI=1S/C16H14F3NO2S/c1-23(22)14-8-2-11(3-9-14)10-20-15(21)12-4-6-13(7-5-12)16(17,18)19/h2-9H,10H2,1H3,(H,20,21)/t23-/m0/s1. The highest BCUT2D eigenvalue weighted by atomic mass is 32.2. The van der Waals surface area contributed by atoms with Crippen molar-refractivity contribution in [2.24, 2.45) is 0 Å². The van der Waals surface area contributed by atoms with Crippen LogP contribution in [0.3, 0.4) is 0 Å². The minimum atomic E-state index is -4.42. The van der Waals surface area contributed by atoms with Crippen LogP contribution in [0.2, 0.25) is 0 Å². The molecule has 0 saturated carbocycles. The summed E-state index contributed by atoms with van der Waals surface area (Å²) in [6.45, 7) is 0.233. The van der Waals surface area contributed by atoms with Crippen molar-refractivity contribution in [2.45, 2.75) is 17.6 Å². The summed E-state index contributed by atoms with van der Waals surface area (Å²) in [5, 5.41) is 2.63. The summed E-state index contributed by atoms with van der Waals surface area (Å²) in [5.74, 6) is -0.457. The Morgan fingerprint density at radius 3 is 2.09 bits per heavy atom. The number of benzene rings is 2. The van der Waals surface area contributed by atoms with Crippen molar-refractivity contribution in [1.29, 1.82) is 0 Å². The number of nitrogens with one attached hydrogen (secondary N) is 1. The quantitative estimate of drug-likeness (QED) is 0.927. The van der Waals surface area contributed by atoms with Gasteiger partial charge in [-0.25, -0.2) is 0 Å². The molecule has 2 aromatic rings. The maximum absolute atomic E-state index is 12.5. The number of alkyl halides is 3. The lowest BCUT2D eigenvalue weighted by Gasteiger charge is -2.08. The highest BCUT2D eigenvalue weighted by molar-refractivity contribution is 7.84. The molecule has 0 heterocycles. The van der Waals surface area contributed by atoms with Crippen molar-refractivity contribution in [3.05, 3.63) is 65.2 Å². The fraction of sp³-hybridized carbons (Fsp3) is 0.188. The molecule has 23 heavy (non-hydrogen) atoms. The number of amides is 1. The van der Waals surface area contributed by atoms with Crippen LogP contribution in [0, 0.1) is 0 Å². The Balaban J connectivity index is 1.98. The zero-order valence-electron chi connectivity index (χ0n) is 12.2. The third kappa shape index (κ3) is 4.66. The first kappa shape index (κ1) is 17.2. The lowest BCUT2D eigenvalue weighted by molar-refractivity contribution is -0.137. The van der Waals surface area contributed by atoms with Gasteiger partial charge in [-0.05, 0) is 42.0 Å². The third-order valence-corrected chi connectivity index (χ3v) is 4.12. The van der Waals surface area contributed by atoms with Gasteiger partial charge in [0.1, 0.15) is 0 Å². The lowest BCUT2D eigenvalue weighted by atomic mass is 10.1. The summed E-state index contributed by atoms with van der Waals surface area (Å²) in [7, 11) is -1.07. The maximum atomic E-state index is 12.5. The van der Waals surface area contributed by atoms with Crippen LogP contribution < -0.4 is 5.32 Å². The second-order valence-corrected chi connectivity index (χ2v) is 6.24. The molecule has 1 N–H and O–H groups in total. The van der Waals surface area contributed by atoms with Crippen LogP contribution in [0.25, 0.3) is 0 Å². The molecule has 2 aromatic carbocycles. The molecule has 3 nitrogen and oxygen atoms in total. The second-order valence-electron chi connectivity index (χ2n) is 4.86. The molecule has 2 rings (SSSR count). The zero-order valence-corrected chi connectivity index (χ0v) is 13.0. The van der Waals surface area contributed by atoms with Crippen LogP contribution in [0.5, 0.6) is 0 Å². The average Bonchev–Trinajstić information content (AvgIpc) is 2.52. The van der Waals surface area contributed by atoms with E-state index in [0.717, 1.165) is 29.8 Å². The first-order valence-corrected chi connectivity index (χ1v) is 8.21. The van der Waals surface area contributed by atoms with E-state index < -0.39 is 28.4 Å². The van der Waals surface area contributed by atoms with Gasteiger partial charge in [0.2, 0.25) is 0 Å². The van der Waals surface area contributed by atoms with Crippen molar-refractivity contribution in [2.75, 3.05) is 6.26 Å². The van der Waals surface area contributed by atoms with Crippen molar-refractivity contribution in [1.82, 2.24) is 5.32 Å². The van der Waals surface area contributed by atoms with Gasteiger partial charge in [0.25, 0.3) is 5.91 Å². The van der Waals surface area contributed by atoms with E-state index in [1.165, 1.54) is 0 Å². The molecule has 1 amide bonds. The minimum Gasteiger partial charge on any atom is -0.348 e. The molecule has 0 aliphatic heterocycles. The minimum absolute atomic E-state index is 0.157. The van der Waals surface area contributed by atoms with Crippen LogP contribution in [-0.4, -0.2) is 16.4 Å². The van der Waals surface area contributed by atoms with Gasteiger partial charge in [-0.15, -0.1) is 0 Å². The zero-order chi connectivity index (χ0) is 17.0. The van der Waals surface area contributed by atoms with E-state index in [2.05, 4.69) is 5.32 Å². The molecule has 1 atom stereocenters. The van der Waals surface area contributed by atoms with Gasteiger partial charge in [0.15, 0.2) is 0 Å². The van der Waals surface area contributed by atoms with Crippen molar-refractivity contribution in [3.8, 4) is 0 Å². The Kier molecular flexibility index (Phi) is 5.20. The van der Waals surface area contributed by atoms with E-state index in [1.54, 1.807) is 30.5 Å². The summed E-state index contributed by atoms with van der Waals surface area (Å²) < 4.78 is 48.6. The molecule has 122 valence electrons. The van der Waals surface area contributed by atoms with Gasteiger partial charge in [-0.3, -0.25) is 9.00 Å². The Morgan fingerprint density at radius 2 is 1.61 bits per heavy atom. The number of carbonyl (C=O) groups is 1. The van der Waals surface area contributed by atoms with Crippen molar-refractivity contribution in [3.63, 3.8) is 0 Å². The molecule has 0 aliphatic carbocycles. The highest BCUT2D eigenvalue weighted by Crippen LogP contribution is 2.29. The van der Waals surface area contributed by atoms with Gasteiger partial charge in [-0.1, -0.05) is 12.1 Å². The first-order chi connectivity index (χ1) is 10.8. The summed E-state index contributed by atoms with van der Waals surface area (Å²) in [6.07, 6.45) is -2.85. The van der Waals surface area contributed by atoms with Crippen LogP contribution >= 0.6 is 0 Å². The van der Waals surface area contributed by atoms with Gasteiger partial charge < -0.3 is 5.32 Å². The molecule has 0 saturated heterocycles. The molecule has 0 unspecified atom stereocenters. The topological polar surface area (TPSA) is 46.2 Å². The van der Waals surface area contributed by atoms with Crippen LogP contribution in [0.1, 0.15) is 21.5 Å². The van der Waals surface area contributed by atoms with Gasteiger partial charge in [0.05, 0.1) is 5.56 Å². The second kappa shape index (κ2) is 6.95. The van der Waals surface area contributed by atoms with E-state index in [-0.39, 0.29) is 12.1 Å². The van der Waals surface area contributed by atoms with Crippen molar-refractivity contribution >= 4 is 16.7 Å². The predicted octanol–water partition coefficient (Wildman–Crippen LogP) is 3.37. The third-order valence-electron chi connectivity index (χ3n) is 3.18. The fourth-order valence-corrected chi connectivity index (χ4v) is 2.41. The normalized spacial score (nSPS) is 12.7. The SMILES string of the molecule is C[S@](=O)c1ccc(CNC(=O)c2ccc(C(F)(F)F)cc2)cc1. The van der Waals surface area contributed by atoms with E-state index in [9.17, 15) is 22.2 Å². The fourth-order valence-electron chi connectivity index (χ4n) is 1.89. The molecule has 0 bridgehead atoms. The molecule has 0 spiro atoms. The largest absolute Gasteiger partial charge is 0.416 e. The maximum Gasteiger partial charge on any atom is 0.416 e. The molecular formula is C16H14F3NO2S.